The van der Waals surface area contributed by atoms with Crippen molar-refractivity contribution in [1.82, 2.24) is 9.80 Å². The molecule has 0 N–H and O–H groups in total. The zero-order chi connectivity index (χ0) is 13.0. The van der Waals surface area contributed by atoms with Gasteiger partial charge in [0.2, 0.25) is 0 Å². The minimum Gasteiger partial charge on any atom is -0.336 e. The Morgan fingerprint density at radius 2 is 1.78 bits per heavy atom. The molecule has 0 aliphatic carbocycles. The molecule has 0 saturated carbocycles. The second kappa shape index (κ2) is 6.01. The lowest BCUT2D eigenvalue weighted by Crippen LogP contribution is -2.48. The first-order chi connectivity index (χ1) is 8.76. The van der Waals surface area contributed by atoms with Crippen molar-refractivity contribution in [3.63, 3.8) is 0 Å². The fraction of sp³-hybridized carbons (Fsp3) is 0.533. The van der Waals surface area contributed by atoms with Crippen LogP contribution in [0.15, 0.2) is 24.3 Å². The van der Waals surface area contributed by atoms with E-state index in [4.69, 9.17) is 0 Å². The molecule has 1 saturated heterocycles. The highest BCUT2D eigenvalue weighted by atomic mass is 16.2. The molecule has 2 rings (SSSR count). The molecule has 0 unspecified atom stereocenters. The highest BCUT2D eigenvalue weighted by molar-refractivity contribution is 5.95. The Hall–Kier alpha value is -1.35. The average molecular weight is 246 g/mol. The van der Waals surface area contributed by atoms with Crippen molar-refractivity contribution in [3.05, 3.63) is 35.4 Å². The molecule has 0 spiro atoms. The number of hydrogen-bond acceptors (Lipinski definition) is 2. The molecule has 98 valence electrons. The van der Waals surface area contributed by atoms with Crippen LogP contribution < -0.4 is 0 Å². The van der Waals surface area contributed by atoms with Crippen molar-refractivity contribution in [2.45, 2.75) is 20.3 Å². The monoisotopic (exact) mass is 246 g/mol. The number of carbonyl (C=O) groups is 1. The van der Waals surface area contributed by atoms with Crippen molar-refractivity contribution in [1.29, 1.82) is 0 Å². The number of rotatable bonds is 3. The second-order valence-corrected chi connectivity index (χ2v) is 4.74. The van der Waals surface area contributed by atoms with Crippen LogP contribution in [0.2, 0.25) is 0 Å². The third-order valence-corrected chi connectivity index (χ3v) is 3.74. The summed E-state index contributed by atoms with van der Waals surface area (Å²) in [4.78, 5) is 16.9. The van der Waals surface area contributed by atoms with E-state index >= 15 is 0 Å². The lowest BCUT2D eigenvalue weighted by Gasteiger charge is -2.34. The van der Waals surface area contributed by atoms with Crippen LogP contribution in [0.5, 0.6) is 0 Å². The van der Waals surface area contributed by atoms with Crippen LogP contribution in [-0.4, -0.2) is 48.4 Å². The lowest BCUT2D eigenvalue weighted by molar-refractivity contribution is 0.0642. The molecule has 1 aromatic carbocycles. The number of amides is 1. The minimum atomic E-state index is 0.197. The summed E-state index contributed by atoms with van der Waals surface area (Å²) in [5.41, 5.74) is 2.03. The minimum absolute atomic E-state index is 0.197. The van der Waals surface area contributed by atoms with E-state index in [1.54, 1.807) is 0 Å². The predicted molar refractivity (Wildman–Crippen MR) is 73.8 cm³/mol. The Labute approximate surface area is 109 Å². The van der Waals surface area contributed by atoms with Crippen LogP contribution in [0.25, 0.3) is 0 Å². The van der Waals surface area contributed by atoms with Gasteiger partial charge in [0, 0.05) is 31.7 Å². The van der Waals surface area contributed by atoms with Crippen molar-refractivity contribution in [3.8, 4) is 0 Å². The van der Waals surface area contributed by atoms with Crippen LogP contribution in [0.4, 0.5) is 0 Å². The summed E-state index contributed by atoms with van der Waals surface area (Å²) in [7, 11) is 0. The molecule has 1 aliphatic rings. The van der Waals surface area contributed by atoms with E-state index in [1.807, 2.05) is 23.1 Å². The quantitative estimate of drug-likeness (QED) is 0.814. The summed E-state index contributed by atoms with van der Waals surface area (Å²) >= 11 is 0. The van der Waals surface area contributed by atoms with Gasteiger partial charge in [0.25, 0.3) is 5.91 Å². The maximum atomic E-state index is 12.5. The Bertz CT molecular complexity index is 409. The Morgan fingerprint density at radius 3 is 2.39 bits per heavy atom. The maximum absolute atomic E-state index is 12.5. The molecule has 0 radical (unpaired) electrons. The van der Waals surface area contributed by atoms with Gasteiger partial charge >= 0.3 is 0 Å². The number of carbonyl (C=O) groups excluding carboxylic acids is 1. The molecule has 0 aromatic heterocycles. The molecule has 3 heteroatoms. The van der Waals surface area contributed by atoms with Crippen LogP contribution >= 0.6 is 0 Å². The number of piperazine rings is 1. The highest BCUT2D eigenvalue weighted by Gasteiger charge is 2.22. The van der Waals surface area contributed by atoms with E-state index in [9.17, 15) is 4.79 Å². The molecule has 3 nitrogen and oxygen atoms in total. The van der Waals surface area contributed by atoms with Crippen LogP contribution in [0.1, 0.15) is 29.8 Å². The highest BCUT2D eigenvalue weighted by Crippen LogP contribution is 2.14. The fourth-order valence-electron chi connectivity index (χ4n) is 2.47. The number of hydrogen-bond donors (Lipinski definition) is 0. The number of benzene rings is 1. The largest absolute Gasteiger partial charge is 0.336 e. The van der Waals surface area contributed by atoms with Crippen molar-refractivity contribution >= 4 is 5.91 Å². The van der Waals surface area contributed by atoms with E-state index in [-0.39, 0.29) is 5.91 Å². The van der Waals surface area contributed by atoms with E-state index in [0.29, 0.717) is 0 Å². The topological polar surface area (TPSA) is 23.6 Å². The standard InChI is InChI=1S/C15H22N2O/c1-3-13-7-5-6-8-14(13)15(18)17-11-9-16(4-2)10-12-17/h5-8H,3-4,9-12H2,1-2H3. The predicted octanol–water partition coefficient (Wildman–Crippen LogP) is 2.03. The number of likely N-dealkylation sites (N-methyl/N-ethyl adjacent to an activating group) is 1. The number of aryl methyl sites for hydroxylation is 1. The van der Waals surface area contributed by atoms with Crippen molar-refractivity contribution in [2.75, 3.05) is 32.7 Å². The van der Waals surface area contributed by atoms with Gasteiger partial charge in [0.1, 0.15) is 0 Å². The zero-order valence-electron chi connectivity index (χ0n) is 11.4. The summed E-state index contributed by atoms with van der Waals surface area (Å²) < 4.78 is 0. The van der Waals surface area contributed by atoms with E-state index in [1.165, 1.54) is 0 Å². The molecule has 1 amide bonds. The van der Waals surface area contributed by atoms with Gasteiger partial charge in [-0.3, -0.25) is 4.79 Å². The van der Waals surface area contributed by atoms with Crippen LogP contribution in [0.3, 0.4) is 0 Å². The van der Waals surface area contributed by atoms with Crippen LogP contribution in [-0.2, 0) is 6.42 Å². The zero-order valence-corrected chi connectivity index (χ0v) is 11.4. The SMILES string of the molecule is CCc1ccccc1C(=O)N1CCN(CC)CC1. The van der Waals surface area contributed by atoms with Gasteiger partial charge in [-0.25, -0.2) is 0 Å². The molecular formula is C15H22N2O. The van der Waals surface area contributed by atoms with E-state index in [2.05, 4.69) is 24.8 Å². The third kappa shape index (κ3) is 2.72. The summed E-state index contributed by atoms with van der Waals surface area (Å²) in [6.45, 7) is 9.04. The van der Waals surface area contributed by atoms with Gasteiger partial charge < -0.3 is 9.80 Å². The Kier molecular flexibility index (Phi) is 4.37. The summed E-state index contributed by atoms with van der Waals surface area (Å²) in [6.07, 6.45) is 0.914. The van der Waals surface area contributed by atoms with Gasteiger partial charge in [0.15, 0.2) is 0 Å². The van der Waals surface area contributed by atoms with Crippen molar-refractivity contribution in [2.24, 2.45) is 0 Å². The fourth-order valence-corrected chi connectivity index (χ4v) is 2.47. The first-order valence-corrected chi connectivity index (χ1v) is 6.85. The Balaban J connectivity index is 2.08. The summed E-state index contributed by atoms with van der Waals surface area (Å²) in [5.74, 6) is 0.197. The summed E-state index contributed by atoms with van der Waals surface area (Å²) in [6, 6.07) is 7.96. The molecule has 1 fully saturated rings. The maximum Gasteiger partial charge on any atom is 0.254 e. The normalized spacial score (nSPS) is 16.9. The van der Waals surface area contributed by atoms with E-state index < -0.39 is 0 Å². The lowest BCUT2D eigenvalue weighted by atomic mass is 10.0. The molecule has 1 heterocycles. The van der Waals surface area contributed by atoms with Gasteiger partial charge in [-0.2, -0.15) is 0 Å². The number of nitrogens with zero attached hydrogens (tertiary/aromatic N) is 2. The molecule has 1 aromatic rings. The molecule has 0 atom stereocenters. The second-order valence-electron chi connectivity index (χ2n) is 4.74. The van der Waals surface area contributed by atoms with Crippen molar-refractivity contribution < 1.29 is 4.79 Å². The van der Waals surface area contributed by atoms with Gasteiger partial charge in [0.05, 0.1) is 0 Å². The first kappa shape index (κ1) is 13.1. The van der Waals surface area contributed by atoms with Crippen LogP contribution in [0, 0.1) is 0 Å². The van der Waals surface area contributed by atoms with Gasteiger partial charge in [-0.1, -0.05) is 32.0 Å². The molecular weight excluding hydrogens is 224 g/mol. The third-order valence-electron chi connectivity index (χ3n) is 3.74. The molecule has 1 aliphatic heterocycles. The average Bonchev–Trinajstić information content (AvgIpc) is 2.46. The molecule has 0 bridgehead atoms. The Morgan fingerprint density at radius 1 is 1.11 bits per heavy atom. The van der Waals surface area contributed by atoms with Gasteiger partial charge in [-0.15, -0.1) is 0 Å². The van der Waals surface area contributed by atoms with E-state index in [0.717, 1.165) is 50.3 Å². The first-order valence-electron chi connectivity index (χ1n) is 6.85. The molecule has 18 heavy (non-hydrogen) atoms. The van der Waals surface area contributed by atoms with Gasteiger partial charge in [-0.05, 0) is 24.6 Å². The smallest absolute Gasteiger partial charge is 0.254 e. The summed E-state index contributed by atoms with van der Waals surface area (Å²) in [5, 5.41) is 0.